The molecule has 5 atom stereocenters. The molecule has 0 bridgehead atoms. The second kappa shape index (κ2) is 14.0. The Hall–Kier alpha value is -3.67. The van der Waals surface area contributed by atoms with Crippen LogP contribution in [0.1, 0.15) is 66.4 Å². The highest BCUT2D eigenvalue weighted by molar-refractivity contribution is 5.95. The predicted octanol–water partition coefficient (Wildman–Crippen LogP) is 2.30. The first-order chi connectivity index (χ1) is 19.7. The normalized spacial score (nSPS) is 21.5. The molecule has 1 aromatic carbocycles. The maximum Gasteiger partial charge on any atom is 0.408 e. The van der Waals surface area contributed by atoms with E-state index in [0.29, 0.717) is 25.8 Å². The number of carboxylic acids is 1. The first-order valence-electron chi connectivity index (χ1n) is 14.5. The lowest BCUT2D eigenvalue weighted by Crippen LogP contribution is -2.53. The Bertz CT molecular complexity index is 1140. The van der Waals surface area contributed by atoms with Crippen LogP contribution in [0.3, 0.4) is 0 Å². The number of likely N-dealkylation sites (tertiary alicyclic amines) is 1. The number of carbonyl (C=O) groups excluding carboxylic acids is 4. The average Bonchev–Trinajstić information content (AvgIpc) is 3.37. The molecule has 0 saturated carbocycles. The summed E-state index contributed by atoms with van der Waals surface area (Å²) in [4.78, 5) is 67.6. The van der Waals surface area contributed by atoms with Crippen LogP contribution in [0, 0.1) is 5.92 Å². The fourth-order valence-corrected chi connectivity index (χ4v) is 5.23. The zero-order valence-electron chi connectivity index (χ0n) is 25.3. The van der Waals surface area contributed by atoms with Gasteiger partial charge in [-0.3, -0.25) is 14.9 Å². The summed E-state index contributed by atoms with van der Waals surface area (Å²) in [6.07, 6.45) is -0.216. The van der Waals surface area contributed by atoms with Crippen molar-refractivity contribution in [3.8, 4) is 0 Å². The van der Waals surface area contributed by atoms with E-state index in [-0.39, 0.29) is 24.9 Å². The van der Waals surface area contributed by atoms with Crippen molar-refractivity contribution in [2.75, 3.05) is 13.2 Å². The number of nitrogens with zero attached hydrogens (tertiary/aromatic N) is 2. The minimum Gasteiger partial charge on any atom is -0.480 e. The van der Waals surface area contributed by atoms with Crippen LogP contribution in [0.5, 0.6) is 0 Å². The molecule has 2 saturated heterocycles. The molecule has 0 aliphatic carbocycles. The number of alkyl carbamates (subject to hydrolysis) is 1. The van der Waals surface area contributed by atoms with E-state index >= 15 is 0 Å². The van der Waals surface area contributed by atoms with Gasteiger partial charge in [0, 0.05) is 13.0 Å². The van der Waals surface area contributed by atoms with Crippen molar-refractivity contribution in [2.24, 2.45) is 5.92 Å². The molecule has 3 rings (SSSR count). The third kappa shape index (κ3) is 8.67. The highest BCUT2D eigenvalue weighted by atomic mass is 16.6. The molecule has 232 valence electrons. The minimum atomic E-state index is -1.07. The van der Waals surface area contributed by atoms with E-state index in [1.165, 1.54) is 9.80 Å². The molecule has 12 heteroatoms. The fraction of sp³-hybridized carbons (Fsp3) is 0.633. The molecule has 12 nitrogen and oxygen atoms in total. The molecule has 0 aromatic heterocycles. The van der Waals surface area contributed by atoms with Crippen LogP contribution in [0.25, 0.3) is 0 Å². The van der Waals surface area contributed by atoms with Crippen molar-refractivity contribution >= 4 is 29.8 Å². The molecule has 3 N–H and O–H groups in total. The lowest BCUT2D eigenvalue weighted by atomic mass is 10.0. The lowest BCUT2D eigenvalue weighted by molar-refractivity contribution is -0.149. The van der Waals surface area contributed by atoms with Crippen LogP contribution < -0.4 is 10.6 Å². The van der Waals surface area contributed by atoms with Gasteiger partial charge in [-0.15, -0.1) is 0 Å². The number of rotatable bonds is 12. The fourth-order valence-electron chi connectivity index (χ4n) is 5.23. The largest absolute Gasteiger partial charge is 0.480 e. The number of amides is 3. The first kappa shape index (κ1) is 32.8. The van der Waals surface area contributed by atoms with E-state index in [1.807, 2.05) is 44.2 Å². The predicted molar refractivity (Wildman–Crippen MR) is 153 cm³/mol. The summed E-state index contributed by atoms with van der Waals surface area (Å²) in [5.74, 6) is -2.57. The standard InChI is InChI=1S/C30H44N4O8/c1-7-41-28(39)23-24(31-20(16-18(2)3)25(35)33-15-11-14-22(33)27(37)38)34(23)26(36)21(17-19-12-9-8-10-13-19)32-29(40)42-30(4,5)6/h8-10,12-13,18,20-24,31H,7,11,14-17H2,1-6H3,(H,32,40)(H,37,38)/t20-,21-,22-,23+,24+,34?/m0/s1. The average molecular weight is 589 g/mol. The zero-order valence-corrected chi connectivity index (χ0v) is 25.3. The molecule has 2 fully saturated rings. The van der Waals surface area contributed by atoms with E-state index in [9.17, 15) is 29.1 Å². The molecule has 0 radical (unpaired) electrons. The van der Waals surface area contributed by atoms with E-state index in [1.54, 1.807) is 27.7 Å². The second-order valence-corrected chi connectivity index (χ2v) is 12.2. The van der Waals surface area contributed by atoms with Crippen molar-refractivity contribution in [1.29, 1.82) is 0 Å². The number of benzene rings is 1. The third-order valence-corrected chi connectivity index (χ3v) is 7.06. The molecule has 2 heterocycles. The van der Waals surface area contributed by atoms with Gasteiger partial charge in [-0.1, -0.05) is 44.2 Å². The van der Waals surface area contributed by atoms with Gasteiger partial charge in [0.2, 0.25) is 11.8 Å². The number of nitrogens with one attached hydrogen (secondary N) is 2. The molecular formula is C30H44N4O8. The summed E-state index contributed by atoms with van der Waals surface area (Å²) in [5, 5.41) is 15.4. The number of hydrogen-bond acceptors (Lipinski definition) is 8. The van der Waals surface area contributed by atoms with Crippen LogP contribution in [-0.4, -0.2) is 93.8 Å². The quantitative estimate of drug-likeness (QED) is 0.246. The number of aliphatic carboxylic acids is 1. The van der Waals surface area contributed by atoms with Crippen LogP contribution in [0.15, 0.2) is 30.3 Å². The Morgan fingerprint density at radius 2 is 1.71 bits per heavy atom. The second-order valence-electron chi connectivity index (χ2n) is 12.2. The zero-order chi connectivity index (χ0) is 31.2. The van der Waals surface area contributed by atoms with Crippen molar-refractivity contribution in [1.82, 2.24) is 20.4 Å². The molecule has 1 aromatic rings. The number of ether oxygens (including phenoxy) is 2. The summed E-state index contributed by atoms with van der Waals surface area (Å²) in [6.45, 7) is 11.1. The van der Waals surface area contributed by atoms with Crippen LogP contribution in [0.2, 0.25) is 0 Å². The smallest absolute Gasteiger partial charge is 0.408 e. The molecule has 2 aliphatic rings. The van der Waals surface area contributed by atoms with Gasteiger partial charge in [-0.05, 0) is 58.4 Å². The number of hydrogen-bond donors (Lipinski definition) is 3. The molecule has 3 amide bonds. The van der Waals surface area contributed by atoms with E-state index in [0.717, 1.165) is 5.56 Å². The van der Waals surface area contributed by atoms with Crippen molar-refractivity contribution in [2.45, 2.75) is 103 Å². The molecule has 0 spiro atoms. The Morgan fingerprint density at radius 3 is 2.29 bits per heavy atom. The van der Waals surface area contributed by atoms with Crippen LogP contribution in [-0.2, 0) is 35.1 Å². The van der Waals surface area contributed by atoms with Gasteiger partial charge in [-0.25, -0.2) is 14.4 Å². The van der Waals surface area contributed by atoms with Crippen molar-refractivity contribution in [3.05, 3.63) is 35.9 Å². The van der Waals surface area contributed by atoms with Crippen molar-refractivity contribution in [3.63, 3.8) is 0 Å². The van der Waals surface area contributed by atoms with E-state index in [2.05, 4.69) is 10.6 Å². The number of esters is 1. The van der Waals surface area contributed by atoms with Gasteiger partial charge < -0.3 is 29.7 Å². The highest BCUT2D eigenvalue weighted by Crippen LogP contribution is 2.31. The molecular weight excluding hydrogens is 544 g/mol. The van der Waals surface area contributed by atoms with Gasteiger partial charge in [0.1, 0.15) is 23.9 Å². The summed E-state index contributed by atoms with van der Waals surface area (Å²) >= 11 is 0. The number of carbonyl (C=O) groups is 5. The SMILES string of the molecule is CCOC(=O)[C@H]1[C@H](N[C@@H](CC(C)C)C(=O)N2CCC[C@H]2C(=O)O)N1C(=O)[C@H](Cc1ccccc1)NC(=O)OC(C)(C)C. The summed E-state index contributed by atoms with van der Waals surface area (Å²) in [7, 11) is 0. The van der Waals surface area contributed by atoms with Gasteiger partial charge in [0.05, 0.1) is 12.6 Å². The third-order valence-electron chi connectivity index (χ3n) is 7.06. The Balaban J connectivity index is 1.88. The Labute approximate surface area is 247 Å². The van der Waals surface area contributed by atoms with Crippen molar-refractivity contribution < 1.29 is 38.6 Å². The van der Waals surface area contributed by atoms with Crippen LogP contribution >= 0.6 is 0 Å². The summed E-state index contributed by atoms with van der Waals surface area (Å²) < 4.78 is 10.6. The summed E-state index contributed by atoms with van der Waals surface area (Å²) in [6, 6.07) is 5.28. The lowest BCUT2D eigenvalue weighted by Gasteiger charge is -2.28. The molecule has 2 aliphatic heterocycles. The summed E-state index contributed by atoms with van der Waals surface area (Å²) in [5.41, 5.74) is -0.0112. The van der Waals surface area contributed by atoms with E-state index < -0.39 is 59.9 Å². The maximum absolute atomic E-state index is 13.9. The van der Waals surface area contributed by atoms with Crippen LogP contribution in [0.4, 0.5) is 4.79 Å². The Kier molecular flexibility index (Phi) is 10.9. The molecule has 0 unspecified atom stereocenters. The monoisotopic (exact) mass is 588 g/mol. The first-order valence-corrected chi connectivity index (χ1v) is 14.5. The van der Waals surface area contributed by atoms with Gasteiger partial charge in [0.25, 0.3) is 0 Å². The van der Waals surface area contributed by atoms with E-state index in [4.69, 9.17) is 9.47 Å². The molecule has 42 heavy (non-hydrogen) atoms. The van der Waals surface area contributed by atoms with Gasteiger partial charge >= 0.3 is 18.0 Å². The highest BCUT2D eigenvalue weighted by Gasteiger charge is 2.59. The van der Waals surface area contributed by atoms with Gasteiger partial charge in [0.15, 0.2) is 6.04 Å². The minimum absolute atomic E-state index is 0.0564. The maximum atomic E-state index is 13.9. The topological polar surface area (TPSA) is 154 Å². The Morgan fingerprint density at radius 1 is 1.05 bits per heavy atom. The number of carboxylic acid groups (broad SMARTS) is 1. The van der Waals surface area contributed by atoms with Gasteiger partial charge in [-0.2, -0.15) is 0 Å².